The molecule has 0 aliphatic heterocycles. The van der Waals surface area contributed by atoms with Crippen LogP contribution in [0.2, 0.25) is 0 Å². The van der Waals surface area contributed by atoms with Crippen molar-refractivity contribution in [1.82, 2.24) is 15.6 Å². The number of rotatable bonds is 9. The Kier molecular flexibility index (Phi) is 8.32. The fraction of sp³-hybridized carbons (Fsp3) is 0.700. The van der Waals surface area contributed by atoms with Crippen LogP contribution in [0.3, 0.4) is 0 Å². The van der Waals surface area contributed by atoms with Gasteiger partial charge in [0.2, 0.25) is 0 Å². The molecular formula is C20H35N5O. The molecule has 1 amide bonds. The maximum absolute atomic E-state index is 12.3. The molecule has 6 nitrogen and oxygen atoms in total. The van der Waals surface area contributed by atoms with E-state index < -0.39 is 0 Å². The van der Waals surface area contributed by atoms with Crippen molar-refractivity contribution >= 4 is 11.7 Å². The highest BCUT2D eigenvalue weighted by atomic mass is 16.1. The van der Waals surface area contributed by atoms with Crippen LogP contribution in [0, 0.1) is 6.92 Å². The molecule has 0 aromatic carbocycles. The number of pyridine rings is 1. The Morgan fingerprint density at radius 2 is 2.04 bits per heavy atom. The van der Waals surface area contributed by atoms with Crippen LogP contribution < -0.4 is 21.7 Å². The van der Waals surface area contributed by atoms with E-state index in [0.29, 0.717) is 23.5 Å². The number of carbonyl (C=O) groups excluding carboxylic acids is 1. The highest BCUT2D eigenvalue weighted by molar-refractivity contribution is 5.98. The second kappa shape index (κ2) is 10.5. The summed E-state index contributed by atoms with van der Waals surface area (Å²) >= 11 is 0. The Labute approximate surface area is 157 Å². The molecule has 1 fully saturated rings. The number of aryl methyl sites for hydroxylation is 1. The van der Waals surface area contributed by atoms with E-state index in [1.165, 1.54) is 32.1 Å². The van der Waals surface area contributed by atoms with Gasteiger partial charge in [-0.25, -0.2) is 4.98 Å². The zero-order valence-corrected chi connectivity index (χ0v) is 16.5. The third-order valence-electron chi connectivity index (χ3n) is 4.99. The van der Waals surface area contributed by atoms with Crippen LogP contribution in [0.5, 0.6) is 0 Å². The van der Waals surface area contributed by atoms with Gasteiger partial charge in [-0.1, -0.05) is 26.2 Å². The lowest BCUT2D eigenvalue weighted by Gasteiger charge is -2.28. The van der Waals surface area contributed by atoms with Gasteiger partial charge in [0.25, 0.3) is 5.91 Å². The van der Waals surface area contributed by atoms with Crippen LogP contribution >= 0.6 is 0 Å². The van der Waals surface area contributed by atoms with Crippen molar-refractivity contribution < 1.29 is 4.79 Å². The van der Waals surface area contributed by atoms with Crippen molar-refractivity contribution in [1.29, 1.82) is 0 Å². The summed E-state index contributed by atoms with van der Waals surface area (Å²) in [6, 6.07) is 4.82. The smallest absolute Gasteiger partial charge is 0.256 e. The Morgan fingerprint density at radius 3 is 2.69 bits per heavy atom. The number of hydrogen-bond acceptors (Lipinski definition) is 5. The first-order valence-electron chi connectivity index (χ1n) is 10.0. The summed E-state index contributed by atoms with van der Waals surface area (Å²) in [5.41, 5.74) is 7.11. The summed E-state index contributed by atoms with van der Waals surface area (Å²) in [5.74, 6) is 0.443. The van der Waals surface area contributed by atoms with Gasteiger partial charge in [0.15, 0.2) is 0 Å². The summed E-state index contributed by atoms with van der Waals surface area (Å²) < 4.78 is 0. The number of anilines is 1. The van der Waals surface area contributed by atoms with Gasteiger partial charge in [-0.3, -0.25) is 4.79 Å². The van der Waals surface area contributed by atoms with Crippen molar-refractivity contribution in [2.75, 3.05) is 11.9 Å². The largest absolute Gasteiger partial charge is 0.369 e. The van der Waals surface area contributed by atoms with E-state index in [1.54, 1.807) is 13.0 Å². The second-order valence-corrected chi connectivity index (χ2v) is 7.43. The van der Waals surface area contributed by atoms with E-state index in [2.05, 4.69) is 27.9 Å². The Morgan fingerprint density at radius 1 is 1.31 bits per heavy atom. The standard InChI is InChI=1S/C20H35N5O/c1-4-16(25-17-8-6-5-7-9-17)12-13-22-19-18(11-10-14(2)23-19)20(26)24-15(3)21/h10-11,15-17,25H,4-9,12-13,21H2,1-3H3,(H,22,23)(H,24,26). The lowest BCUT2D eigenvalue weighted by Crippen LogP contribution is -2.40. The lowest BCUT2D eigenvalue weighted by molar-refractivity contribution is 0.0942. The molecule has 2 rings (SSSR count). The van der Waals surface area contributed by atoms with Crippen molar-refractivity contribution in [2.45, 2.75) is 84.0 Å². The fourth-order valence-electron chi connectivity index (χ4n) is 3.53. The minimum atomic E-state index is -0.388. The molecular weight excluding hydrogens is 326 g/mol. The molecule has 5 N–H and O–H groups in total. The average molecular weight is 362 g/mol. The molecule has 1 aliphatic carbocycles. The van der Waals surface area contributed by atoms with Crippen molar-refractivity contribution in [3.63, 3.8) is 0 Å². The normalized spacial score (nSPS) is 17.5. The molecule has 0 radical (unpaired) electrons. The molecule has 2 atom stereocenters. The number of hydrogen-bond donors (Lipinski definition) is 4. The van der Waals surface area contributed by atoms with E-state index in [1.807, 2.05) is 13.0 Å². The van der Waals surface area contributed by atoms with Crippen molar-refractivity contribution in [2.24, 2.45) is 5.73 Å². The van der Waals surface area contributed by atoms with Crippen LogP contribution in [0.4, 0.5) is 5.82 Å². The highest BCUT2D eigenvalue weighted by Crippen LogP contribution is 2.19. The van der Waals surface area contributed by atoms with Crippen LogP contribution in [-0.2, 0) is 0 Å². The maximum Gasteiger partial charge on any atom is 0.256 e. The van der Waals surface area contributed by atoms with Gasteiger partial charge in [0, 0.05) is 24.3 Å². The van der Waals surface area contributed by atoms with Gasteiger partial charge in [-0.05, 0) is 51.7 Å². The first-order valence-corrected chi connectivity index (χ1v) is 10.0. The molecule has 1 heterocycles. The van der Waals surface area contributed by atoms with Gasteiger partial charge in [0.05, 0.1) is 11.7 Å². The molecule has 0 spiro atoms. The van der Waals surface area contributed by atoms with Crippen molar-refractivity contribution in [3.05, 3.63) is 23.4 Å². The van der Waals surface area contributed by atoms with Crippen LogP contribution in [0.25, 0.3) is 0 Å². The zero-order valence-electron chi connectivity index (χ0n) is 16.5. The Balaban J connectivity index is 1.90. The molecule has 1 aliphatic rings. The Hall–Kier alpha value is -1.66. The first-order chi connectivity index (χ1) is 12.5. The van der Waals surface area contributed by atoms with Gasteiger partial charge >= 0.3 is 0 Å². The predicted octanol–water partition coefficient (Wildman–Crippen LogP) is 2.93. The summed E-state index contributed by atoms with van der Waals surface area (Å²) in [6.07, 6.45) is 8.39. The SMILES string of the molecule is CCC(CCNc1nc(C)ccc1C(=O)NC(C)N)NC1CCCCC1. The first kappa shape index (κ1) is 20.6. The van der Waals surface area contributed by atoms with Crippen LogP contribution in [0.15, 0.2) is 12.1 Å². The monoisotopic (exact) mass is 361 g/mol. The minimum Gasteiger partial charge on any atom is -0.369 e. The van der Waals surface area contributed by atoms with Crippen molar-refractivity contribution in [3.8, 4) is 0 Å². The number of amides is 1. The minimum absolute atomic E-state index is 0.192. The molecule has 0 bridgehead atoms. The number of nitrogens with zero attached hydrogens (tertiary/aromatic N) is 1. The molecule has 146 valence electrons. The lowest BCUT2D eigenvalue weighted by atomic mass is 9.94. The van der Waals surface area contributed by atoms with E-state index in [-0.39, 0.29) is 12.1 Å². The molecule has 1 aromatic rings. The van der Waals surface area contributed by atoms with E-state index in [9.17, 15) is 4.79 Å². The molecule has 0 saturated heterocycles. The third kappa shape index (κ3) is 6.57. The van der Waals surface area contributed by atoms with Gasteiger partial charge < -0.3 is 21.7 Å². The van der Waals surface area contributed by atoms with E-state index in [4.69, 9.17) is 5.73 Å². The Bertz CT molecular complexity index is 569. The van der Waals surface area contributed by atoms with Gasteiger partial charge in [0.1, 0.15) is 5.82 Å². The second-order valence-electron chi connectivity index (χ2n) is 7.43. The number of nitrogens with one attached hydrogen (secondary N) is 3. The summed E-state index contributed by atoms with van der Waals surface area (Å²) in [7, 11) is 0. The maximum atomic E-state index is 12.3. The quantitative estimate of drug-likeness (QED) is 0.508. The molecule has 26 heavy (non-hydrogen) atoms. The zero-order chi connectivity index (χ0) is 18.9. The number of nitrogens with two attached hydrogens (primary N) is 1. The molecule has 2 unspecified atom stereocenters. The fourth-order valence-corrected chi connectivity index (χ4v) is 3.53. The molecule has 6 heteroatoms. The van der Waals surface area contributed by atoms with Gasteiger partial charge in [-0.15, -0.1) is 0 Å². The summed E-state index contributed by atoms with van der Waals surface area (Å²) in [5, 5.41) is 9.90. The van der Waals surface area contributed by atoms with E-state index in [0.717, 1.165) is 25.1 Å². The van der Waals surface area contributed by atoms with Gasteiger partial charge in [-0.2, -0.15) is 0 Å². The average Bonchev–Trinajstić information content (AvgIpc) is 2.61. The van der Waals surface area contributed by atoms with Crippen LogP contribution in [-0.4, -0.2) is 35.7 Å². The predicted molar refractivity (Wildman–Crippen MR) is 107 cm³/mol. The third-order valence-corrected chi connectivity index (χ3v) is 4.99. The van der Waals surface area contributed by atoms with Crippen LogP contribution in [0.1, 0.15) is 74.8 Å². The number of carbonyl (C=O) groups is 1. The van der Waals surface area contributed by atoms with E-state index >= 15 is 0 Å². The summed E-state index contributed by atoms with van der Waals surface area (Å²) in [4.78, 5) is 16.8. The topological polar surface area (TPSA) is 92.1 Å². The number of aromatic nitrogens is 1. The summed E-state index contributed by atoms with van der Waals surface area (Å²) in [6.45, 7) is 6.69. The highest BCUT2D eigenvalue weighted by Gasteiger charge is 2.18. The molecule has 1 saturated carbocycles. The molecule has 1 aromatic heterocycles.